The molecule has 0 spiro atoms. The molecule has 0 aromatic heterocycles. The van der Waals surface area contributed by atoms with Crippen molar-refractivity contribution in [3.05, 3.63) is 35.6 Å². The summed E-state index contributed by atoms with van der Waals surface area (Å²) >= 11 is 0. The second-order valence-corrected chi connectivity index (χ2v) is 4.30. The molecular formula is C12H11F3O2. The second-order valence-electron chi connectivity index (χ2n) is 4.30. The van der Waals surface area contributed by atoms with E-state index in [-0.39, 0.29) is 12.8 Å². The predicted molar refractivity (Wildman–Crippen MR) is 54.2 cm³/mol. The maximum absolute atomic E-state index is 14.1. The summed E-state index contributed by atoms with van der Waals surface area (Å²) in [6, 6.07) is 4.43. The molecular weight excluding hydrogens is 233 g/mol. The highest BCUT2D eigenvalue weighted by Crippen LogP contribution is 2.57. The van der Waals surface area contributed by atoms with Gasteiger partial charge in [-0.25, -0.2) is 4.39 Å². The number of alkyl halides is 2. The molecule has 0 atom stereocenters. The summed E-state index contributed by atoms with van der Waals surface area (Å²) in [5.41, 5.74) is -2.98. The summed E-state index contributed by atoms with van der Waals surface area (Å²) < 4.78 is 41.7. The number of carboxylic acids is 1. The highest BCUT2D eigenvalue weighted by molar-refractivity contribution is 5.77. The van der Waals surface area contributed by atoms with Gasteiger partial charge in [0.25, 0.3) is 5.92 Å². The average molecular weight is 244 g/mol. The van der Waals surface area contributed by atoms with Gasteiger partial charge in [-0.05, 0) is 18.9 Å². The van der Waals surface area contributed by atoms with Gasteiger partial charge in [0.1, 0.15) is 11.2 Å². The van der Waals surface area contributed by atoms with Crippen molar-refractivity contribution in [1.82, 2.24) is 0 Å². The van der Waals surface area contributed by atoms with Crippen molar-refractivity contribution in [3.63, 3.8) is 0 Å². The van der Waals surface area contributed by atoms with Crippen molar-refractivity contribution in [2.75, 3.05) is 0 Å². The van der Waals surface area contributed by atoms with Crippen LogP contribution in [0.2, 0.25) is 0 Å². The Morgan fingerprint density at radius 3 is 2.29 bits per heavy atom. The minimum absolute atomic E-state index is 0.121. The van der Waals surface area contributed by atoms with E-state index in [1.165, 1.54) is 12.1 Å². The summed E-state index contributed by atoms with van der Waals surface area (Å²) in [7, 11) is 0. The fraction of sp³-hybridized carbons (Fsp3) is 0.417. The maximum atomic E-state index is 14.1. The smallest absolute Gasteiger partial charge is 0.316 e. The van der Waals surface area contributed by atoms with Crippen LogP contribution in [0.5, 0.6) is 0 Å². The molecule has 0 heterocycles. The molecule has 1 aliphatic rings. The van der Waals surface area contributed by atoms with Gasteiger partial charge in [0.15, 0.2) is 0 Å². The second kappa shape index (κ2) is 3.75. The lowest BCUT2D eigenvalue weighted by atomic mass is 9.63. The van der Waals surface area contributed by atoms with Crippen molar-refractivity contribution in [1.29, 1.82) is 0 Å². The first-order valence-corrected chi connectivity index (χ1v) is 5.28. The molecule has 1 aromatic rings. The lowest BCUT2D eigenvalue weighted by molar-refractivity contribution is -0.202. The van der Waals surface area contributed by atoms with Crippen LogP contribution in [-0.4, -0.2) is 11.1 Å². The fourth-order valence-electron chi connectivity index (χ4n) is 2.17. The number of benzene rings is 1. The summed E-state index contributed by atoms with van der Waals surface area (Å²) in [6.45, 7) is 0. The summed E-state index contributed by atoms with van der Waals surface area (Å²) in [4.78, 5) is 11.0. The topological polar surface area (TPSA) is 37.3 Å². The molecule has 5 heteroatoms. The zero-order chi connectivity index (χ0) is 12.7. The third kappa shape index (κ3) is 1.52. The molecule has 1 saturated carbocycles. The van der Waals surface area contributed by atoms with Crippen LogP contribution in [0.15, 0.2) is 24.3 Å². The zero-order valence-electron chi connectivity index (χ0n) is 8.92. The first-order chi connectivity index (χ1) is 7.92. The number of carbonyl (C=O) groups is 1. The summed E-state index contributed by atoms with van der Waals surface area (Å²) in [6.07, 6.45) is 0.184. The molecule has 0 saturated heterocycles. The lowest BCUT2D eigenvalue weighted by Crippen LogP contribution is -2.51. The van der Waals surface area contributed by atoms with Gasteiger partial charge in [-0.1, -0.05) is 24.6 Å². The van der Waals surface area contributed by atoms with Crippen LogP contribution in [0.25, 0.3) is 0 Å². The van der Waals surface area contributed by atoms with Crippen molar-refractivity contribution in [2.24, 2.45) is 5.41 Å². The minimum Gasteiger partial charge on any atom is -0.481 e. The highest BCUT2D eigenvalue weighted by atomic mass is 19.3. The van der Waals surface area contributed by atoms with Gasteiger partial charge in [-0.2, -0.15) is 8.78 Å². The standard InChI is InChI=1S/C12H11F3O2/c13-9-5-2-1-4-8(9)12(14,15)11(10(16)17)6-3-7-11/h1-2,4-5H,3,6-7H2,(H,16,17). The SMILES string of the molecule is O=C(O)C1(C(F)(F)c2ccccc2F)CCC1. The van der Waals surface area contributed by atoms with E-state index in [0.29, 0.717) is 6.42 Å². The molecule has 2 rings (SSSR count). The van der Waals surface area contributed by atoms with Crippen LogP contribution in [0.4, 0.5) is 13.2 Å². The number of aliphatic carboxylic acids is 1. The lowest BCUT2D eigenvalue weighted by Gasteiger charge is -2.43. The van der Waals surface area contributed by atoms with E-state index in [4.69, 9.17) is 5.11 Å². The van der Waals surface area contributed by atoms with Crippen molar-refractivity contribution in [2.45, 2.75) is 25.2 Å². The zero-order valence-corrected chi connectivity index (χ0v) is 8.92. The van der Waals surface area contributed by atoms with E-state index in [0.717, 1.165) is 12.1 Å². The van der Waals surface area contributed by atoms with Crippen LogP contribution in [0, 0.1) is 11.2 Å². The fourth-order valence-corrected chi connectivity index (χ4v) is 2.17. The molecule has 0 bridgehead atoms. The Morgan fingerprint density at radius 2 is 1.88 bits per heavy atom. The summed E-state index contributed by atoms with van der Waals surface area (Å²) in [5, 5.41) is 8.97. The van der Waals surface area contributed by atoms with E-state index in [9.17, 15) is 18.0 Å². The van der Waals surface area contributed by atoms with Gasteiger partial charge < -0.3 is 5.11 Å². The van der Waals surface area contributed by atoms with Crippen molar-refractivity contribution < 1.29 is 23.1 Å². The van der Waals surface area contributed by atoms with E-state index < -0.39 is 28.7 Å². The Balaban J connectivity index is 2.49. The normalized spacial score (nSPS) is 18.5. The van der Waals surface area contributed by atoms with Crippen LogP contribution in [0.3, 0.4) is 0 Å². The molecule has 1 aromatic carbocycles. The molecule has 0 aliphatic heterocycles. The number of carboxylic acid groups (broad SMARTS) is 1. The molecule has 1 aliphatic carbocycles. The van der Waals surface area contributed by atoms with Gasteiger partial charge >= 0.3 is 5.97 Å². The van der Waals surface area contributed by atoms with Crippen molar-refractivity contribution in [3.8, 4) is 0 Å². The minimum atomic E-state index is -3.68. The van der Waals surface area contributed by atoms with Crippen LogP contribution in [-0.2, 0) is 10.7 Å². The average Bonchev–Trinajstić information content (AvgIpc) is 2.14. The number of hydrogen-bond acceptors (Lipinski definition) is 1. The Morgan fingerprint density at radius 1 is 1.29 bits per heavy atom. The number of halogens is 3. The largest absolute Gasteiger partial charge is 0.481 e. The van der Waals surface area contributed by atoms with Crippen molar-refractivity contribution >= 4 is 5.97 Å². The van der Waals surface area contributed by atoms with Crippen LogP contribution < -0.4 is 0 Å². The monoisotopic (exact) mass is 244 g/mol. The highest BCUT2D eigenvalue weighted by Gasteiger charge is 2.64. The van der Waals surface area contributed by atoms with Crippen LogP contribution in [0.1, 0.15) is 24.8 Å². The first-order valence-electron chi connectivity index (χ1n) is 5.28. The molecule has 17 heavy (non-hydrogen) atoms. The predicted octanol–water partition coefficient (Wildman–Crippen LogP) is 3.17. The van der Waals surface area contributed by atoms with E-state index in [1.807, 2.05) is 0 Å². The Hall–Kier alpha value is -1.52. The molecule has 0 amide bonds. The first kappa shape index (κ1) is 12.0. The molecule has 0 radical (unpaired) electrons. The molecule has 1 N–H and O–H groups in total. The quantitative estimate of drug-likeness (QED) is 0.886. The van der Waals surface area contributed by atoms with Gasteiger partial charge in [0.05, 0.1) is 5.56 Å². The molecule has 0 unspecified atom stereocenters. The molecule has 92 valence electrons. The van der Waals surface area contributed by atoms with Crippen LogP contribution >= 0.6 is 0 Å². The van der Waals surface area contributed by atoms with E-state index >= 15 is 0 Å². The van der Waals surface area contributed by atoms with Gasteiger partial charge in [-0.15, -0.1) is 0 Å². The van der Waals surface area contributed by atoms with Gasteiger partial charge in [0.2, 0.25) is 0 Å². The third-order valence-electron chi connectivity index (χ3n) is 3.43. The Labute approximate surface area is 96.1 Å². The third-order valence-corrected chi connectivity index (χ3v) is 3.43. The number of hydrogen-bond donors (Lipinski definition) is 1. The molecule has 2 nitrogen and oxygen atoms in total. The maximum Gasteiger partial charge on any atom is 0.316 e. The van der Waals surface area contributed by atoms with Gasteiger partial charge in [-0.3, -0.25) is 4.79 Å². The Kier molecular flexibility index (Phi) is 2.64. The molecule has 1 fully saturated rings. The summed E-state index contributed by atoms with van der Waals surface area (Å²) in [5.74, 6) is -6.30. The number of rotatable bonds is 3. The van der Waals surface area contributed by atoms with E-state index in [2.05, 4.69) is 0 Å². The Bertz CT molecular complexity index is 453. The van der Waals surface area contributed by atoms with E-state index in [1.54, 1.807) is 0 Å². The van der Waals surface area contributed by atoms with Gasteiger partial charge in [0, 0.05) is 0 Å².